The lowest BCUT2D eigenvalue weighted by molar-refractivity contribution is 0.0696. The summed E-state index contributed by atoms with van der Waals surface area (Å²) in [7, 11) is 0. The zero-order valence-corrected chi connectivity index (χ0v) is 11.8. The van der Waals surface area contributed by atoms with Crippen LogP contribution in [-0.2, 0) is 0 Å². The molecule has 0 saturated carbocycles. The van der Waals surface area contributed by atoms with Crippen LogP contribution in [-0.4, -0.2) is 46.6 Å². The molecule has 0 spiro atoms. The predicted molar refractivity (Wildman–Crippen MR) is 78.9 cm³/mol. The number of hydrogen-bond acceptors (Lipinski definition) is 6. The molecular weight excluding hydrogens is 289 g/mol. The standard InChI is InChI=1S/C15H16FN3O3/c16-11-1-3-13(4-2-11)22-15-5-10-6-18-19(8-12(21)9-20)14(10)7-17-15/h1-4,6-7,10,12,20-21H,5,8-9H2. The fourth-order valence-corrected chi connectivity index (χ4v) is 2.31. The number of hydrazone groups is 1. The van der Waals surface area contributed by atoms with E-state index in [9.17, 15) is 9.50 Å². The third kappa shape index (κ3) is 3.15. The molecule has 2 unspecified atom stereocenters. The number of allylic oxidation sites excluding steroid dienone is 1. The molecule has 2 N–H and O–H groups in total. The predicted octanol–water partition coefficient (Wildman–Crippen LogP) is 1.12. The van der Waals surface area contributed by atoms with Crippen LogP contribution in [0.3, 0.4) is 0 Å². The third-order valence-electron chi connectivity index (χ3n) is 3.44. The van der Waals surface area contributed by atoms with E-state index in [1.807, 2.05) is 0 Å². The number of aliphatic imine (C=N–C) groups is 1. The SMILES string of the molecule is OCC(O)CN1N=CC2CC(Oc3ccc(F)cc3)=NC=C21. The van der Waals surface area contributed by atoms with Gasteiger partial charge in [-0.3, -0.25) is 5.01 Å². The first-order valence-electron chi connectivity index (χ1n) is 6.96. The number of aliphatic hydroxyl groups is 2. The van der Waals surface area contributed by atoms with E-state index in [0.717, 1.165) is 5.70 Å². The van der Waals surface area contributed by atoms with Gasteiger partial charge in [0.2, 0.25) is 0 Å². The second-order valence-electron chi connectivity index (χ2n) is 5.13. The molecular formula is C15H16FN3O3. The van der Waals surface area contributed by atoms with Gasteiger partial charge < -0.3 is 14.9 Å². The summed E-state index contributed by atoms with van der Waals surface area (Å²) in [5.41, 5.74) is 0.860. The van der Waals surface area contributed by atoms with Gasteiger partial charge in [0.15, 0.2) is 5.90 Å². The maximum Gasteiger partial charge on any atom is 0.195 e. The van der Waals surface area contributed by atoms with E-state index in [2.05, 4.69) is 10.1 Å². The Balaban J connectivity index is 1.68. The zero-order chi connectivity index (χ0) is 15.5. The average molecular weight is 305 g/mol. The molecule has 0 radical (unpaired) electrons. The van der Waals surface area contributed by atoms with E-state index in [1.54, 1.807) is 29.6 Å². The molecule has 0 saturated heterocycles. The van der Waals surface area contributed by atoms with Gasteiger partial charge in [0.25, 0.3) is 0 Å². The van der Waals surface area contributed by atoms with Crippen LogP contribution in [0.4, 0.5) is 4.39 Å². The lowest BCUT2D eigenvalue weighted by Crippen LogP contribution is -2.31. The summed E-state index contributed by atoms with van der Waals surface area (Å²) >= 11 is 0. The number of rotatable bonds is 4. The number of halogens is 1. The fourth-order valence-electron chi connectivity index (χ4n) is 2.31. The van der Waals surface area contributed by atoms with Crippen LogP contribution in [0, 0.1) is 11.7 Å². The molecule has 0 bridgehead atoms. The minimum atomic E-state index is -0.849. The number of fused-ring (bicyclic) bond motifs is 1. The molecule has 1 aromatic carbocycles. The summed E-state index contributed by atoms with van der Waals surface area (Å²) in [5, 5.41) is 24.2. The van der Waals surface area contributed by atoms with Crippen molar-refractivity contribution in [1.29, 1.82) is 0 Å². The summed E-state index contributed by atoms with van der Waals surface area (Å²) in [6.07, 6.45) is 3.10. The first-order valence-corrected chi connectivity index (χ1v) is 6.96. The van der Waals surface area contributed by atoms with E-state index in [-0.39, 0.29) is 24.9 Å². The number of ether oxygens (including phenoxy) is 1. The Morgan fingerprint density at radius 1 is 1.36 bits per heavy atom. The second kappa shape index (κ2) is 6.25. The van der Waals surface area contributed by atoms with Crippen LogP contribution in [0.5, 0.6) is 5.75 Å². The van der Waals surface area contributed by atoms with Crippen molar-refractivity contribution in [1.82, 2.24) is 5.01 Å². The molecule has 0 aromatic heterocycles. The Labute approximate surface area is 126 Å². The number of benzene rings is 1. The molecule has 116 valence electrons. The van der Waals surface area contributed by atoms with Crippen LogP contribution >= 0.6 is 0 Å². The minimum absolute atomic E-state index is 0.0267. The highest BCUT2D eigenvalue weighted by molar-refractivity contribution is 5.85. The van der Waals surface area contributed by atoms with Crippen LogP contribution in [0.1, 0.15) is 6.42 Å². The lowest BCUT2D eigenvalue weighted by atomic mass is 10.0. The molecule has 2 atom stereocenters. The van der Waals surface area contributed by atoms with Gasteiger partial charge in [-0.1, -0.05) is 0 Å². The summed E-state index contributed by atoms with van der Waals surface area (Å²) in [6.45, 7) is -0.0921. The molecule has 2 aliphatic heterocycles. The van der Waals surface area contributed by atoms with Gasteiger partial charge >= 0.3 is 0 Å². The van der Waals surface area contributed by atoms with E-state index in [1.165, 1.54) is 12.1 Å². The summed E-state index contributed by atoms with van der Waals surface area (Å²) in [4.78, 5) is 4.25. The summed E-state index contributed by atoms with van der Waals surface area (Å²) in [6, 6.07) is 5.75. The van der Waals surface area contributed by atoms with Crippen molar-refractivity contribution in [3.63, 3.8) is 0 Å². The maximum absolute atomic E-state index is 12.9. The van der Waals surface area contributed by atoms with Crippen molar-refractivity contribution < 1.29 is 19.3 Å². The number of β-amino-alcohol motifs (C(OH)–C–C–N with tert-alkyl or cyclic N) is 1. The Bertz CT molecular complexity index is 627. The molecule has 0 aliphatic carbocycles. The van der Waals surface area contributed by atoms with Crippen LogP contribution in [0.25, 0.3) is 0 Å². The van der Waals surface area contributed by atoms with Crippen molar-refractivity contribution in [2.24, 2.45) is 16.0 Å². The summed E-state index contributed by atoms with van der Waals surface area (Å²) in [5.74, 6) is 0.760. The highest BCUT2D eigenvalue weighted by atomic mass is 19.1. The highest BCUT2D eigenvalue weighted by Crippen LogP contribution is 2.29. The molecule has 0 amide bonds. The van der Waals surface area contributed by atoms with Crippen molar-refractivity contribution in [3.05, 3.63) is 42.0 Å². The number of aliphatic hydroxyl groups excluding tert-OH is 2. The van der Waals surface area contributed by atoms with E-state index in [0.29, 0.717) is 18.1 Å². The Hall–Kier alpha value is -2.25. The van der Waals surface area contributed by atoms with Gasteiger partial charge in [-0.05, 0) is 24.3 Å². The smallest absolute Gasteiger partial charge is 0.195 e. The van der Waals surface area contributed by atoms with Gasteiger partial charge in [0.1, 0.15) is 11.6 Å². The van der Waals surface area contributed by atoms with Gasteiger partial charge in [0.05, 0.1) is 31.2 Å². The summed E-state index contributed by atoms with van der Waals surface area (Å²) < 4.78 is 18.5. The minimum Gasteiger partial charge on any atom is -0.443 e. The van der Waals surface area contributed by atoms with Crippen LogP contribution in [0.2, 0.25) is 0 Å². The Morgan fingerprint density at radius 3 is 2.86 bits per heavy atom. The third-order valence-corrected chi connectivity index (χ3v) is 3.44. The average Bonchev–Trinajstić information content (AvgIpc) is 2.92. The first kappa shape index (κ1) is 14.7. The van der Waals surface area contributed by atoms with E-state index >= 15 is 0 Å². The molecule has 2 aliphatic rings. The quantitative estimate of drug-likeness (QED) is 0.874. The molecule has 0 fully saturated rings. The van der Waals surface area contributed by atoms with Crippen molar-refractivity contribution in [3.8, 4) is 5.75 Å². The molecule has 6 nitrogen and oxygen atoms in total. The molecule has 7 heteroatoms. The lowest BCUT2D eigenvalue weighted by Gasteiger charge is -2.23. The van der Waals surface area contributed by atoms with Gasteiger partial charge in [-0.15, -0.1) is 0 Å². The van der Waals surface area contributed by atoms with Crippen molar-refractivity contribution >= 4 is 12.1 Å². The molecule has 3 rings (SSSR count). The van der Waals surface area contributed by atoms with Gasteiger partial charge in [0, 0.05) is 18.6 Å². The van der Waals surface area contributed by atoms with Gasteiger partial charge in [-0.25, -0.2) is 9.38 Å². The fraction of sp³-hybridized carbons (Fsp3) is 0.333. The highest BCUT2D eigenvalue weighted by Gasteiger charge is 2.30. The topological polar surface area (TPSA) is 77.7 Å². The Kier molecular flexibility index (Phi) is 4.17. The van der Waals surface area contributed by atoms with Crippen molar-refractivity contribution in [2.45, 2.75) is 12.5 Å². The maximum atomic E-state index is 12.9. The number of nitrogens with zero attached hydrogens (tertiary/aromatic N) is 3. The first-order chi connectivity index (χ1) is 10.7. The largest absolute Gasteiger partial charge is 0.443 e. The zero-order valence-electron chi connectivity index (χ0n) is 11.8. The molecule has 22 heavy (non-hydrogen) atoms. The van der Waals surface area contributed by atoms with Crippen LogP contribution < -0.4 is 4.74 Å². The molecule has 2 heterocycles. The van der Waals surface area contributed by atoms with Crippen molar-refractivity contribution in [2.75, 3.05) is 13.2 Å². The Morgan fingerprint density at radius 2 is 2.14 bits per heavy atom. The molecule has 1 aromatic rings. The van der Waals surface area contributed by atoms with E-state index in [4.69, 9.17) is 9.84 Å². The monoisotopic (exact) mass is 305 g/mol. The van der Waals surface area contributed by atoms with Crippen LogP contribution in [0.15, 0.2) is 46.3 Å². The number of hydrogen-bond donors (Lipinski definition) is 2. The normalized spacial score (nSPS) is 21.2. The second-order valence-corrected chi connectivity index (χ2v) is 5.13. The van der Waals surface area contributed by atoms with E-state index < -0.39 is 6.10 Å². The van der Waals surface area contributed by atoms with Gasteiger partial charge in [-0.2, -0.15) is 5.10 Å².